The van der Waals surface area contributed by atoms with Crippen molar-refractivity contribution in [2.45, 2.75) is 44.1 Å². The summed E-state index contributed by atoms with van der Waals surface area (Å²) in [5.74, 6) is 0.802. The van der Waals surface area contributed by atoms with Crippen molar-refractivity contribution in [1.82, 2.24) is 14.8 Å². The first-order valence-corrected chi connectivity index (χ1v) is 5.43. The second kappa shape index (κ2) is 3.05. The number of carboxylic acid groups (broad SMARTS) is 1. The first kappa shape index (κ1) is 8.88. The molecule has 0 amide bonds. The minimum atomic E-state index is -0.773. The lowest BCUT2D eigenvalue weighted by atomic mass is 10.00. The lowest BCUT2D eigenvalue weighted by Gasteiger charge is -2.17. The van der Waals surface area contributed by atoms with Crippen molar-refractivity contribution in [2.75, 3.05) is 0 Å². The Morgan fingerprint density at radius 3 is 2.87 bits per heavy atom. The predicted molar refractivity (Wildman–Crippen MR) is 51.6 cm³/mol. The van der Waals surface area contributed by atoms with E-state index in [2.05, 4.69) is 10.1 Å². The summed E-state index contributed by atoms with van der Waals surface area (Å²) in [6, 6.07) is 0. The predicted octanol–water partition coefficient (Wildman–Crippen LogP) is 1.12. The zero-order valence-electron chi connectivity index (χ0n) is 8.39. The standard InChI is InChI=1S/C10H13N3O2/c14-10(15)7-2-1-5-13-9(7)11-8(12-13)6-3-4-6/h6-7H,1-5H2,(H,14,15). The van der Waals surface area contributed by atoms with E-state index in [0.717, 1.165) is 31.6 Å². The summed E-state index contributed by atoms with van der Waals surface area (Å²) < 4.78 is 1.79. The van der Waals surface area contributed by atoms with E-state index < -0.39 is 11.9 Å². The van der Waals surface area contributed by atoms with Crippen LogP contribution in [0.5, 0.6) is 0 Å². The highest BCUT2D eigenvalue weighted by molar-refractivity contribution is 5.75. The summed E-state index contributed by atoms with van der Waals surface area (Å²) in [7, 11) is 0. The molecule has 0 bridgehead atoms. The minimum Gasteiger partial charge on any atom is -0.481 e. The zero-order valence-corrected chi connectivity index (χ0v) is 8.39. The summed E-state index contributed by atoms with van der Waals surface area (Å²) in [6.45, 7) is 0.818. The Balaban J connectivity index is 1.98. The van der Waals surface area contributed by atoms with Crippen LogP contribution in [0, 0.1) is 0 Å². The van der Waals surface area contributed by atoms with Crippen LogP contribution in [-0.2, 0) is 11.3 Å². The first-order chi connectivity index (χ1) is 7.25. The van der Waals surface area contributed by atoms with Crippen LogP contribution in [-0.4, -0.2) is 25.8 Å². The summed E-state index contributed by atoms with van der Waals surface area (Å²) >= 11 is 0. The van der Waals surface area contributed by atoms with Gasteiger partial charge in [0.15, 0.2) is 5.82 Å². The number of hydrogen-bond donors (Lipinski definition) is 1. The van der Waals surface area contributed by atoms with E-state index in [4.69, 9.17) is 5.11 Å². The van der Waals surface area contributed by atoms with Crippen molar-refractivity contribution in [3.63, 3.8) is 0 Å². The Morgan fingerprint density at radius 2 is 2.20 bits per heavy atom. The van der Waals surface area contributed by atoms with Gasteiger partial charge in [0.1, 0.15) is 11.7 Å². The number of nitrogens with zero attached hydrogens (tertiary/aromatic N) is 3. The van der Waals surface area contributed by atoms with Crippen molar-refractivity contribution < 1.29 is 9.90 Å². The van der Waals surface area contributed by atoms with Gasteiger partial charge in [0.05, 0.1) is 0 Å². The largest absolute Gasteiger partial charge is 0.481 e. The fourth-order valence-electron chi connectivity index (χ4n) is 2.12. The van der Waals surface area contributed by atoms with Crippen molar-refractivity contribution in [3.8, 4) is 0 Å². The Hall–Kier alpha value is -1.39. The van der Waals surface area contributed by atoms with E-state index in [-0.39, 0.29) is 0 Å². The minimum absolute atomic E-state index is 0.446. The smallest absolute Gasteiger partial charge is 0.314 e. The maximum atomic E-state index is 11.0. The van der Waals surface area contributed by atoms with Gasteiger partial charge in [0.2, 0.25) is 0 Å². The van der Waals surface area contributed by atoms with Crippen molar-refractivity contribution >= 4 is 5.97 Å². The highest BCUT2D eigenvalue weighted by atomic mass is 16.4. The number of aryl methyl sites for hydroxylation is 1. The molecule has 1 aromatic rings. The molecular weight excluding hydrogens is 194 g/mol. The van der Waals surface area contributed by atoms with E-state index in [9.17, 15) is 4.79 Å². The van der Waals surface area contributed by atoms with Crippen LogP contribution in [0.25, 0.3) is 0 Å². The van der Waals surface area contributed by atoms with Crippen LogP contribution < -0.4 is 0 Å². The average molecular weight is 207 g/mol. The van der Waals surface area contributed by atoms with Gasteiger partial charge in [0.25, 0.3) is 0 Å². The second-order valence-corrected chi connectivity index (χ2v) is 4.36. The van der Waals surface area contributed by atoms with Gasteiger partial charge in [-0.3, -0.25) is 4.79 Å². The Morgan fingerprint density at radius 1 is 1.40 bits per heavy atom. The highest BCUT2D eigenvalue weighted by Crippen LogP contribution is 2.39. The molecule has 15 heavy (non-hydrogen) atoms. The molecule has 0 aromatic carbocycles. The molecule has 1 fully saturated rings. The summed E-state index contributed by atoms with van der Waals surface area (Å²) in [5.41, 5.74) is 0. The zero-order chi connectivity index (χ0) is 10.4. The lowest BCUT2D eigenvalue weighted by molar-refractivity contribution is -0.139. The summed E-state index contributed by atoms with van der Waals surface area (Å²) in [5, 5.41) is 13.5. The molecule has 5 heteroatoms. The fourth-order valence-corrected chi connectivity index (χ4v) is 2.12. The van der Waals surface area contributed by atoms with Crippen LogP contribution in [0.3, 0.4) is 0 Å². The van der Waals surface area contributed by atoms with Crippen molar-refractivity contribution in [1.29, 1.82) is 0 Å². The first-order valence-electron chi connectivity index (χ1n) is 5.43. The van der Waals surface area contributed by atoms with Crippen LogP contribution in [0.4, 0.5) is 0 Å². The molecule has 0 spiro atoms. The molecule has 0 saturated heterocycles. The average Bonchev–Trinajstić information content (AvgIpc) is 2.96. The molecule has 1 N–H and O–H groups in total. The van der Waals surface area contributed by atoms with E-state index >= 15 is 0 Å². The van der Waals surface area contributed by atoms with Gasteiger partial charge in [-0.1, -0.05) is 0 Å². The quantitative estimate of drug-likeness (QED) is 0.789. The third kappa shape index (κ3) is 1.42. The molecule has 0 radical (unpaired) electrons. The van der Waals surface area contributed by atoms with Crippen LogP contribution in [0.1, 0.15) is 49.2 Å². The van der Waals surface area contributed by atoms with Gasteiger partial charge < -0.3 is 5.11 Å². The Labute approximate surface area is 87.1 Å². The summed E-state index contributed by atoms with van der Waals surface area (Å²) in [4.78, 5) is 15.4. The fraction of sp³-hybridized carbons (Fsp3) is 0.700. The van der Waals surface area contributed by atoms with Gasteiger partial charge >= 0.3 is 5.97 Å². The normalized spacial score (nSPS) is 24.9. The lowest BCUT2D eigenvalue weighted by Crippen LogP contribution is -2.22. The molecule has 5 nitrogen and oxygen atoms in total. The van der Waals surface area contributed by atoms with Crippen molar-refractivity contribution in [3.05, 3.63) is 11.6 Å². The van der Waals surface area contributed by atoms with Gasteiger partial charge in [-0.25, -0.2) is 9.67 Å². The van der Waals surface area contributed by atoms with E-state index in [1.807, 2.05) is 0 Å². The maximum absolute atomic E-state index is 11.0. The van der Waals surface area contributed by atoms with Crippen LogP contribution in [0.15, 0.2) is 0 Å². The van der Waals surface area contributed by atoms with Gasteiger partial charge in [-0.2, -0.15) is 5.10 Å². The van der Waals surface area contributed by atoms with Crippen molar-refractivity contribution in [2.24, 2.45) is 0 Å². The molecule has 2 heterocycles. The highest BCUT2D eigenvalue weighted by Gasteiger charge is 2.34. The third-order valence-corrected chi connectivity index (χ3v) is 3.13. The molecule has 1 atom stereocenters. The number of rotatable bonds is 2. The number of carboxylic acids is 1. The molecule has 1 aromatic heterocycles. The SMILES string of the molecule is O=C(O)C1CCCn2nc(C3CC3)nc21. The molecular formula is C10H13N3O2. The molecule has 3 rings (SSSR count). The Bertz CT molecular complexity index is 409. The maximum Gasteiger partial charge on any atom is 0.314 e. The Kier molecular flexibility index (Phi) is 1.81. The molecule has 2 aliphatic rings. The third-order valence-electron chi connectivity index (χ3n) is 3.13. The van der Waals surface area contributed by atoms with Gasteiger partial charge in [0, 0.05) is 12.5 Å². The van der Waals surface area contributed by atoms with E-state index in [1.54, 1.807) is 4.68 Å². The van der Waals surface area contributed by atoms with Crippen LogP contribution >= 0.6 is 0 Å². The van der Waals surface area contributed by atoms with Gasteiger partial charge in [-0.05, 0) is 25.7 Å². The number of aliphatic carboxylic acids is 1. The number of carbonyl (C=O) groups is 1. The number of fused-ring (bicyclic) bond motifs is 1. The summed E-state index contributed by atoms with van der Waals surface area (Å²) in [6.07, 6.45) is 3.89. The number of aromatic nitrogens is 3. The second-order valence-electron chi connectivity index (χ2n) is 4.36. The number of hydrogen-bond acceptors (Lipinski definition) is 3. The monoisotopic (exact) mass is 207 g/mol. The molecule has 1 aliphatic heterocycles. The molecule has 1 aliphatic carbocycles. The van der Waals surface area contributed by atoms with E-state index in [0.29, 0.717) is 18.2 Å². The van der Waals surface area contributed by atoms with Crippen LogP contribution in [0.2, 0.25) is 0 Å². The van der Waals surface area contributed by atoms with Gasteiger partial charge in [-0.15, -0.1) is 0 Å². The molecule has 1 saturated carbocycles. The molecule has 80 valence electrons. The molecule has 1 unspecified atom stereocenters. The van der Waals surface area contributed by atoms with E-state index in [1.165, 1.54) is 0 Å². The topological polar surface area (TPSA) is 68.0 Å².